The van der Waals surface area contributed by atoms with E-state index in [4.69, 9.17) is 5.73 Å². The molecule has 0 saturated heterocycles. The summed E-state index contributed by atoms with van der Waals surface area (Å²) < 4.78 is 0. The fourth-order valence-corrected chi connectivity index (χ4v) is 3.26. The van der Waals surface area contributed by atoms with Crippen LogP contribution < -0.4 is 5.73 Å². The first-order valence-corrected chi connectivity index (χ1v) is 7.42. The van der Waals surface area contributed by atoms with Crippen LogP contribution in [-0.2, 0) is 0 Å². The molecule has 1 atom stereocenters. The van der Waals surface area contributed by atoms with Crippen LogP contribution in [0.2, 0.25) is 0 Å². The zero-order chi connectivity index (χ0) is 14.2. The van der Waals surface area contributed by atoms with Crippen LogP contribution in [0, 0.1) is 12.8 Å². The molecule has 0 aromatic heterocycles. The largest absolute Gasteiger partial charge is 0.328 e. The molecule has 1 aliphatic rings. The first-order chi connectivity index (χ1) is 8.90. The second kappa shape index (κ2) is 5.64. The fraction of sp³-hybridized carbons (Fsp3) is 0.647. The zero-order valence-electron chi connectivity index (χ0n) is 13.0. The molecule has 2 N–H and O–H groups in total. The second-order valence-electron chi connectivity index (χ2n) is 6.67. The number of nitrogens with two attached hydrogens (primary N) is 1. The summed E-state index contributed by atoms with van der Waals surface area (Å²) in [6.45, 7) is 6.76. The highest BCUT2D eigenvalue weighted by atomic mass is 15.1. The van der Waals surface area contributed by atoms with Gasteiger partial charge >= 0.3 is 0 Å². The van der Waals surface area contributed by atoms with Gasteiger partial charge in [-0.25, -0.2) is 0 Å². The highest BCUT2D eigenvalue weighted by Gasteiger charge is 2.35. The molecule has 0 aliphatic heterocycles. The van der Waals surface area contributed by atoms with E-state index in [0.717, 1.165) is 12.8 Å². The van der Waals surface area contributed by atoms with Crippen molar-refractivity contribution in [3.05, 3.63) is 34.9 Å². The van der Waals surface area contributed by atoms with Crippen molar-refractivity contribution in [3.8, 4) is 0 Å². The standard InChI is InChI=1S/C17H28N2/c1-11(2)13-7-6-12(3)16(10-13)17(19(4)5)14-8-15(18)9-14/h6-7,10-11,14-15,17H,8-9,18H2,1-5H3. The Labute approximate surface area is 118 Å². The molecule has 1 aromatic rings. The maximum atomic E-state index is 5.98. The molecule has 1 fully saturated rings. The molecule has 1 aromatic carbocycles. The maximum Gasteiger partial charge on any atom is 0.0374 e. The fourth-order valence-electron chi connectivity index (χ4n) is 3.26. The van der Waals surface area contributed by atoms with Crippen LogP contribution in [0.3, 0.4) is 0 Å². The molecular weight excluding hydrogens is 232 g/mol. The molecule has 1 saturated carbocycles. The van der Waals surface area contributed by atoms with E-state index in [1.165, 1.54) is 16.7 Å². The number of nitrogens with zero attached hydrogens (tertiary/aromatic N) is 1. The normalized spacial score (nSPS) is 24.6. The summed E-state index contributed by atoms with van der Waals surface area (Å²) in [5.41, 5.74) is 10.3. The van der Waals surface area contributed by atoms with Crippen molar-refractivity contribution in [3.63, 3.8) is 0 Å². The van der Waals surface area contributed by atoms with E-state index in [1.807, 2.05) is 0 Å². The molecule has 0 bridgehead atoms. The van der Waals surface area contributed by atoms with E-state index in [0.29, 0.717) is 23.9 Å². The molecule has 2 heteroatoms. The third-order valence-electron chi connectivity index (χ3n) is 4.50. The van der Waals surface area contributed by atoms with Gasteiger partial charge in [-0.1, -0.05) is 32.0 Å². The second-order valence-corrected chi connectivity index (χ2v) is 6.67. The van der Waals surface area contributed by atoms with Gasteiger partial charge in [0, 0.05) is 12.1 Å². The number of benzene rings is 1. The Kier molecular flexibility index (Phi) is 4.32. The van der Waals surface area contributed by atoms with Crippen molar-refractivity contribution < 1.29 is 0 Å². The predicted octanol–water partition coefficient (Wildman–Crippen LogP) is 3.46. The van der Waals surface area contributed by atoms with Crippen LogP contribution in [0.5, 0.6) is 0 Å². The van der Waals surface area contributed by atoms with Crippen molar-refractivity contribution in [1.82, 2.24) is 4.90 Å². The van der Waals surface area contributed by atoms with Crippen LogP contribution in [0.25, 0.3) is 0 Å². The van der Waals surface area contributed by atoms with Gasteiger partial charge in [0.1, 0.15) is 0 Å². The van der Waals surface area contributed by atoms with Crippen LogP contribution in [-0.4, -0.2) is 25.0 Å². The number of hydrogen-bond acceptors (Lipinski definition) is 2. The molecule has 0 spiro atoms. The molecule has 2 rings (SSSR count). The summed E-state index contributed by atoms with van der Waals surface area (Å²) >= 11 is 0. The first kappa shape index (κ1) is 14.5. The minimum absolute atomic E-state index is 0.418. The topological polar surface area (TPSA) is 29.3 Å². The van der Waals surface area contributed by atoms with Gasteiger partial charge in [0.25, 0.3) is 0 Å². The monoisotopic (exact) mass is 260 g/mol. The van der Waals surface area contributed by atoms with E-state index in [1.54, 1.807) is 0 Å². The summed E-state index contributed by atoms with van der Waals surface area (Å²) in [6.07, 6.45) is 2.32. The Morgan fingerprint density at radius 2 is 1.84 bits per heavy atom. The van der Waals surface area contributed by atoms with Crippen molar-refractivity contribution in [1.29, 1.82) is 0 Å². The highest BCUT2D eigenvalue weighted by Crippen LogP contribution is 2.41. The third kappa shape index (κ3) is 3.01. The van der Waals surface area contributed by atoms with Crippen LogP contribution in [0.15, 0.2) is 18.2 Å². The molecule has 0 heterocycles. The highest BCUT2D eigenvalue weighted by molar-refractivity contribution is 5.35. The van der Waals surface area contributed by atoms with E-state index >= 15 is 0 Å². The SMILES string of the molecule is Cc1ccc(C(C)C)cc1C(C1CC(N)C1)N(C)C. The summed E-state index contributed by atoms with van der Waals surface area (Å²) in [5.74, 6) is 1.30. The average molecular weight is 260 g/mol. The number of aryl methyl sites for hydroxylation is 1. The molecule has 0 amide bonds. The van der Waals surface area contributed by atoms with Crippen LogP contribution in [0.4, 0.5) is 0 Å². The Morgan fingerprint density at radius 3 is 2.32 bits per heavy atom. The van der Waals surface area contributed by atoms with E-state index in [-0.39, 0.29) is 0 Å². The van der Waals surface area contributed by atoms with Gasteiger partial charge in [0.2, 0.25) is 0 Å². The molecular formula is C17H28N2. The Balaban J connectivity index is 2.33. The Hall–Kier alpha value is -0.860. The van der Waals surface area contributed by atoms with Gasteiger partial charge in [-0.05, 0) is 62.4 Å². The van der Waals surface area contributed by atoms with Crippen molar-refractivity contribution in [2.45, 2.75) is 51.6 Å². The molecule has 0 radical (unpaired) electrons. The molecule has 1 unspecified atom stereocenters. The van der Waals surface area contributed by atoms with Gasteiger partial charge in [0.15, 0.2) is 0 Å². The van der Waals surface area contributed by atoms with Crippen LogP contribution >= 0.6 is 0 Å². The predicted molar refractivity (Wildman–Crippen MR) is 82.4 cm³/mol. The zero-order valence-corrected chi connectivity index (χ0v) is 13.0. The molecule has 2 nitrogen and oxygen atoms in total. The Morgan fingerprint density at radius 1 is 1.21 bits per heavy atom. The first-order valence-electron chi connectivity index (χ1n) is 7.42. The van der Waals surface area contributed by atoms with Gasteiger partial charge in [0.05, 0.1) is 0 Å². The molecule has 106 valence electrons. The van der Waals surface area contributed by atoms with Gasteiger partial charge in [-0.3, -0.25) is 0 Å². The summed E-state index contributed by atoms with van der Waals surface area (Å²) in [7, 11) is 4.38. The average Bonchev–Trinajstić information content (AvgIpc) is 2.28. The van der Waals surface area contributed by atoms with Crippen molar-refractivity contribution in [2.75, 3.05) is 14.1 Å². The lowest BCUT2D eigenvalue weighted by Gasteiger charge is -2.42. The molecule has 19 heavy (non-hydrogen) atoms. The van der Waals surface area contributed by atoms with E-state index in [9.17, 15) is 0 Å². The lowest BCUT2D eigenvalue weighted by atomic mass is 9.72. The minimum atomic E-state index is 0.418. The van der Waals surface area contributed by atoms with E-state index < -0.39 is 0 Å². The number of hydrogen-bond donors (Lipinski definition) is 1. The maximum absolute atomic E-state index is 5.98. The van der Waals surface area contributed by atoms with E-state index in [2.05, 4.69) is 58.0 Å². The molecule has 1 aliphatic carbocycles. The summed E-state index contributed by atoms with van der Waals surface area (Å²) in [4.78, 5) is 2.36. The van der Waals surface area contributed by atoms with Crippen LogP contribution in [0.1, 0.15) is 55.3 Å². The smallest absolute Gasteiger partial charge is 0.0374 e. The Bertz CT molecular complexity index is 431. The summed E-state index contributed by atoms with van der Waals surface area (Å²) in [5, 5.41) is 0. The lowest BCUT2D eigenvalue weighted by Crippen LogP contribution is -2.43. The number of rotatable bonds is 4. The van der Waals surface area contributed by atoms with Gasteiger partial charge in [-0.2, -0.15) is 0 Å². The quantitative estimate of drug-likeness (QED) is 0.898. The minimum Gasteiger partial charge on any atom is -0.328 e. The lowest BCUT2D eigenvalue weighted by molar-refractivity contribution is 0.123. The van der Waals surface area contributed by atoms with Crippen molar-refractivity contribution in [2.24, 2.45) is 11.7 Å². The third-order valence-corrected chi connectivity index (χ3v) is 4.50. The summed E-state index contributed by atoms with van der Waals surface area (Å²) in [6, 6.07) is 7.89. The van der Waals surface area contributed by atoms with Gasteiger partial charge in [-0.15, -0.1) is 0 Å². The van der Waals surface area contributed by atoms with Crippen molar-refractivity contribution >= 4 is 0 Å². The van der Waals surface area contributed by atoms with Gasteiger partial charge < -0.3 is 10.6 Å².